The van der Waals surface area contributed by atoms with Gasteiger partial charge >= 0.3 is 0 Å². The van der Waals surface area contributed by atoms with E-state index in [1.165, 1.54) is 6.42 Å². The van der Waals surface area contributed by atoms with Crippen LogP contribution in [0.15, 0.2) is 30.3 Å². The van der Waals surface area contributed by atoms with Crippen molar-refractivity contribution in [3.8, 4) is 0 Å². The van der Waals surface area contributed by atoms with Crippen LogP contribution in [0.1, 0.15) is 18.4 Å². The number of benzene rings is 1. The van der Waals surface area contributed by atoms with Crippen LogP contribution in [0, 0.1) is 0 Å². The molecule has 0 bridgehead atoms. The third-order valence-corrected chi connectivity index (χ3v) is 3.41. The van der Waals surface area contributed by atoms with Gasteiger partial charge < -0.3 is 10.6 Å². The van der Waals surface area contributed by atoms with Crippen molar-refractivity contribution in [3.05, 3.63) is 35.9 Å². The number of carbonyl (C=O) groups excluding carboxylic acids is 1. The molecule has 1 aliphatic heterocycles. The molecule has 1 heterocycles. The second-order valence-corrected chi connectivity index (χ2v) is 4.85. The highest BCUT2D eigenvalue weighted by molar-refractivity contribution is 5.81. The minimum absolute atomic E-state index is 0.153. The molecule has 2 unspecified atom stereocenters. The van der Waals surface area contributed by atoms with Crippen LogP contribution in [0.25, 0.3) is 0 Å². The van der Waals surface area contributed by atoms with Gasteiger partial charge in [0.1, 0.15) is 0 Å². The van der Waals surface area contributed by atoms with Gasteiger partial charge in [0, 0.05) is 19.0 Å². The zero-order chi connectivity index (χ0) is 13.5. The van der Waals surface area contributed by atoms with Gasteiger partial charge in [-0.1, -0.05) is 30.3 Å². The van der Waals surface area contributed by atoms with Gasteiger partial charge in [-0.05, 0) is 24.9 Å². The molecule has 0 saturated carbocycles. The van der Waals surface area contributed by atoms with Crippen LogP contribution in [-0.2, 0) is 16.1 Å². The Balaban J connectivity index is 1.81. The molecule has 1 aromatic rings. The van der Waals surface area contributed by atoms with E-state index in [9.17, 15) is 4.79 Å². The lowest BCUT2D eigenvalue weighted by molar-refractivity contribution is -0.133. The number of amides is 1. The van der Waals surface area contributed by atoms with E-state index in [-0.39, 0.29) is 5.91 Å². The molecule has 1 saturated heterocycles. The van der Waals surface area contributed by atoms with E-state index in [1.54, 1.807) is 0 Å². The van der Waals surface area contributed by atoms with Crippen molar-refractivity contribution in [3.63, 3.8) is 0 Å². The van der Waals surface area contributed by atoms with E-state index < -0.39 is 6.10 Å². The zero-order valence-electron chi connectivity index (χ0n) is 11.0. The highest BCUT2D eigenvalue weighted by atomic mass is 16.6. The fraction of sp³-hybridized carbons (Fsp3) is 0.500. The fourth-order valence-electron chi connectivity index (χ4n) is 2.30. The minimum atomic E-state index is -0.635. The van der Waals surface area contributed by atoms with Crippen LogP contribution < -0.4 is 16.5 Å². The van der Waals surface area contributed by atoms with Gasteiger partial charge in [-0.3, -0.25) is 9.63 Å². The van der Waals surface area contributed by atoms with Crippen LogP contribution in [0.5, 0.6) is 0 Å². The maximum atomic E-state index is 12.0. The lowest BCUT2D eigenvalue weighted by Gasteiger charge is -2.17. The summed E-state index contributed by atoms with van der Waals surface area (Å²) in [5.41, 5.74) is 1.03. The molecule has 5 nitrogen and oxygen atoms in total. The molecule has 1 amide bonds. The van der Waals surface area contributed by atoms with Gasteiger partial charge in [0.25, 0.3) is 5.91 Å². The zero-order valence-corrected chi connectivity index (χ0v) is 11.0. The fourth-order valence-corrected chi connectivity index (χ4v) is 2.30. The maximum absolute atomic E-state index is 12.0. The summed E-state index contributed by atoms with van der Waals surface area (Å²) < 4.78 is 0. The van der Waals surface area contributed by atoms with Crippen LogP contribution in [0.2, 0.25) is 0 Å². The molecule has 2 rings (SSSR count). The predicted molar refractivity (Wildman–Crippen MR) is 73.2 cm³/mol. The van der Waals surface area contributed by atoms with E-state index in [4.69, 9.17) is 10.7 Å². The smallest absolute Gasteiger partial charge is 0.251 e. The molecule has 0 aliphatic carbocycles. The normalized spacial score (nSPS) is 20.2. The third kappa shape index (κ3) is 4.31. The second kappa shape index (κ2) is 7.23. The number of hydrogen-bond acceptors (Lipinski definition) is 4. The SMILES string of the molecule is NOC(Cc1ccccc1)C(=O)NCC1CCCN1. The summed E-state index contributed by atoms with van der Waals surface area (Å²) >= 11 is 0. The molecule has 4 N–H and O–H groups in total. The van der Waals surface area contributed by atoms with Gasteiger partial charge in [0.2, 0.25) is 0 Å². The van der Waals surface area contributed by atoms with Crippen molar-refractivity contribution in [1.82, 2.24) is 10.6 Å². The summed E-state index contributed by atoms with van der Waals surface area (Å²) in [4.78, 5) is 16.8. The summed E-state index contributed by atoms with van der Waals surface area (Å²) in [5.74, 6) is 5.08. The third-order valence-electron chi connectivity index (χ3n) is 3.41. The first-order valence-corrected chi connectivity index (χ1v) is 6.70. The molecular formula is C14H21N3O2. The second-order valence-electron chi connectivity index (χ2n) is 4.85. The van der Waals surface area contributed by atoms with E-state index in [0.717, 1.165) is 18.5 Å². The molecule has 0 spiro atoms. The maximum Gasteiger partial charge on any atom is 0.251 e. The standard InChI is InChI=1S/C14H21N3O2/c15-19-13(9-11-5-2-1-3-6-11)14(18)17-10-12-7-4-8-16-12/h1-3,5-6,12-13,16H,4,7-10,15H2,(H,17,18). The molecule has 1 aliphatic rings. The first-order valence-electron chi connectivity index (χ1n) is 6.70. The topological polar surface area (TPSA) is 76.4 Å². The van der Waals surface area contributed by atoms with E-state index in [1.807, 2.05) is 30.3 Å². The van der Waals surface area contributed by atoms with Gasteiger partial charge in [-0.15, -0.1) is 0 Å². The first-order chi connectivity index (χ1) is 9.29. The first kappa shape index (κ1) is 14.0. The molecule has 0 aromatic heterocycles. The van der Waals surface area contributed by atoms with Crippen molar-refractivity contribution in [2.45, 2.75) is 31.4 Å². The van der Waals surface area contributed by atoms with Crippen molar-refractivity contribution in [2.24, 2.45) is 5.90 Å². The van der Waals surface area contributed by atoms with Gasteiger partial charge in [0.15, 0.2) is 6.10 Å². The van der Waals surface area contributed by atoms with Crippen LogP contribution in [0.4, 0.5) is 0 Å². The largest absolute Gasteiger partial charge is 0.352 e. The van der Waals surface area contributed by atoms with Crippen LogP contribution in [-0.4, -0.2) is 31.1 Å². The predicted octanol–water partition coefficient (Wildman–Crippen LogP) is 0.356. The van der Waals surface area contributed by atoms with Crippen molar-refractivity contribution < 1.29 is 9.63 Å². The molecule has 19 heavy (non-hydrogen) atoms. The lowest BCUT2D eigenvalue weighted by atomic mass is 10.1. The van der Waals surface area contributed by atoms with Crippen molar-refractivity contribution in [2.75, 3.05) is 13.1 Å². The van der Waals surface area contributed by atoms with E-state index in [2.05, 4.69) is 10.6 Å². The molecule has 0 radical (unpaired) electrons. The number of hydrogen-bond donors (Lipinski definition) is 3. The number of nitrogens with one attached hydrogen (secondary N) is 2. The quantitative estimate of drug-likeness (QED) is 0.648. The molecular weight excluding hydrogens is 242 g/mol. The summed E-state index contributed by atoms with van der Waals surface area (Å²) in [6.45, 7) is 1.66. The Morgan fingerprint density at radius 3 is 2.89 bits per heavy atom. The Morgan fingerprint density at radius 2 is 2.26 bits per heavy atom. The molecule has 1 aromatic carbocycles. The van der Waals surface area contributed by atoms with Crippen LogP contribution in [0.3, 0.4) is 0 Å². The molecule has 5 heteroatoms. The Morgan fingerprint density at radius 1 is 1.47 bits per heavy atom. The molecule has 104 valence electrons. The Kier molecular flexibility index (Phi) is 5.32. The Bertz CT molecular complexity index is 391. The highest BCUT2D eigenvalue weighted by Crippen LogP contribution is 2.06. The summed E-state index contributed by atoms with van der Waals surface area (Å²) in [6.07, 6.45) is 2.12. The van der Waals surface area contributed by atoms with Crippen LogP contribution >= 0.6 is 0 Å². The van der Waals surface area contributed by atoms with Gasteiger partial charge in [0.05, 0.1) is 0 Å². The monoisotopic (exact) mass is 263 g/mol. The average molecular weight is 263 g/mol. The lowest BCUT2D eigenvalue weighted by Crippen LogP contribution is -2.44. The van der Waals surface area contributed by atoms with Gasteiger partial charge in [-0.2, -0.15) is 0 Å². The average Bonchev–Trinajstić information content (AvgIpc) is 2.96. The molecule has 2 atom stereocenters. The van der Waals surface area contributed by atoms with Gasteiger partial charge in [-0.25, -0.2) is 5.90 Å². The number of nitrogens with two attached hydrogens (primary N) is 1. The Labute approximate surface area is 113 Å². The van der Waals surface area contributed by atoms with Crippen molar-refractivity contribution in [1.29, 1.82) is 0 Å². The number of carbonyl (C=O) groups is 1. The molecule has 1 fully saturated rings. The summed E-state index contributed by atoms with van der Waals surface area (Å²) in [6, 6.07) is 10.1. The minimum Gasteiger partial charge on any atom is -0.352 e. The van der Waals surface area contributed by atoms with E-state index >= 15 is 0 Å². The van der Waals surface area contributed by atoms with Crippen molar-refractivity contribution >= 4 is 5.91 Å². The summed E-state index contributed by atoms with van der Waals surface area (Å²) in [7, 11) is 0. The number of rotatable bonds is 6. The summed E-state index contributed by atoms with van der Waals surface area (Å²) in [5, 5.41) is 6.22. The van der Waals surface area contributed by atoms with E-state index in [0.29, 0.717) is 19.0 Å². The highest BCUT2D eigenvalue weighted by Gasteiger charge is 2.21. The Hall–Kier alpha value is -1.43.